The van der Waals surface area contributed by atoms with Crippen molar-refractivity contribution in [2.45, 2.75) is 51.4 Å². The molecular weight excluding hydrogens is 308 g/mol. The van der Waals surface area contributed by atoms with Crippen LogP contribution < -0.4 is 34.4 Å². The summed E-state index contributed by atoms with van der Waals surface area (Å²) in [6.45, 7) is 1.30. The highest BCUT2D eigenvalue weighted by molar-refractivity contribution is 5.92. The van der Waals surface area contributed by atoms with Gasteiger partial charge in [0.05, 0.1) is 0 Å². The first-order valence-electron chi connectivity index (χ1n) is 8.21. The van der Waals surface area contributed by atoms with Gasteiger partial charge >= 0.3 is 0 Å². The van der Waals surface area contributed by atoms with E-state index in [0.29, 0.717) is 13.1 Å². The highest BCUT2D eigenvalue weighted by atomic mass is 15.1. The summed E-state index contributed by atoms with van der Waals surface area (Å²) in [4.78, 5) is 15.4. The quantitative estimate of drug-likeness (QED) is 0.162. The maximum Gasteiger partial charge on any atom is 0.218 e. The van der Waals surface area contributed by atoms with Gasteiger partial charge in [-0.2, -0.15) is 9.98 Å². The molecule has 0 aromatic heterocycles. The predicted octanol–water partition coefficient (Wildman–Crippen LogP) is -0.717. The Morgan fingerprint density at radius 2 is 0.750 bits per heavy atom. The number of unbranched alkanes of at least 4 members (excludes halogenated alkanes) is 7. The van der Waals surface area contributed by atoms with Crippen LogP contribution in [-0.2, 0) is 0 Å². The molecule has 0 spiro atoms. The molecule has 0 fully saturated rings. The van der Waals surface area contributed by atoms with Crippen LogP contribution in [0.3, 0.4) is 0 Å². The smallest absolute Gasteiger partial charge is 0.218 e. The molecule has 0 saturated carbocycles. The molecule has 138 valence electrons. The average molecular weight is 340 g/mol. The van der Waals surface area contributed by atoms with E-state index in [4.69, 9.17) is 34.4 Å². The van der Waals surface area contributed by atoms with Crippen molar-refractivity contribution in [3.63, 3.8) is 0 Å². The molecule has 0 bridgehead atoms. The van der Waals surface area contributed by atoms with E-state index in [-0.39, 0.29) is 23.8 Å². The van der Waals surface area contributed by atoms with Crippen LogP contribution in [0.25, 0.3) is 0 Å². The van der Waals surface area contributed by atoms with Crippen LogP contribution in [0.5, 0.6) is 0 Å². The third-order valence-electron chi connectivity index (χ3n) is 3.10. The van der Waals surface area contributed by atoms with Crippen LogP contribution in [0.4, 0.5) is 0 Å². The lowest BCUT2D eigenvalue weighted by Crippen LogP contribution is -2.26. The van der Waals surface area contributed by atoms with Crippen LogP contribution in [0.15, 0.2) is 20.0 Å². The second-order valence-electron chi connectivity index (χ2n) is 5.38. The maximum atomic E-state index is 5.50. The molecule has 24 heavy (non-hydrogen) atoms. The largest absolute Gasteiger partial charge is 0.370 e. The Morgan fingerprint density at radius 1 is 0.458 bits per heavy atom. The minimum Gasteiger partial charge on any atom is -0.370 e. The fourth-order valence-electron chi connectivity index (χ4n) is 2.01. The van der Waals surface area contributed by atoms with Crippen molar-refractivity contribution in [1.82, 2.24) is 0 Å². The van der Waals surface area contributed by atoms with Crippen LogP contribution >= 0.6 is 0 Å². The van der Waals surface area contributed by atoms with Crippen molar-refractivity contribution in [3.05, 3.63) is 0 Å². The van der Waals surface area contributed by atoms with Crippen molar-refractivity contribution in [2.75, 3.05) is 13.1 Å². The van der Waals surface area contributed by atoms with Gasteiger partial charge in [-0.15, -0.1) is 0 Å². The maximum absolute atomic E-state index is 5.50. The zero-order valence-corrected chi connectivity index (χ0v) is 14.3. The summed E-state index contributed by atoms with van der Waals surface area (Å²) in [7, 11) is 0. The zero-order chi connectivity index (χ0) is 18.2. The molecular formula is C14H32N10. The molecule has 0 amide bonds. The third kappa shape index (κ3) is 15.9. The average Bonchev–Trinajstić information content (AvgIpc) is 2.46. The molecule has 12 N–H and O–H groups in total. The molecule has 0 atom stereocenters. The molecule has 10 heteroatoms. The summed E-state index contributed by atoms with van der Waals surface area (Å²) in [6, 6.07) is 0. The number of guanidine groups is 4. The number of aliphatic imine (C=N–C) groups is 4. The second kappa shape index (κ2) is 14.1. The van der Waals surface area contributed by atoms with Gasteiger partial charge in [-0.1, -0.05) is 38.5 Å². The Hall–Kier alpha value is -2.52. The van der Waals surface area contributed by atoms with Crippen molar-refractivity contribution in [2.24, 2.45) is 54.4 Å². The fourth-order valence-corrected chi connectivity index (χ4v) is 2.01. The molecule has 0 heterocycles. The summed E-state index contributed by atoms with van der Waals surface area (Å²) in [5, 5.41) is 0. The molecule has 0 rings (SSSR count). The summed E-state index contributed by atoms with van der Waals surface area (Å²) >= 11 is 0. The van der Waals surface area contributed by atoms with Gasteiger partial charge in [0.2, 0.25) is 11.9 Å². The van der Waals surface area contributed by atoms with Gasteiger partial charge in [-0.25, -0.2) is 0 Å². The summed E-state index contributed by atoms with van der Waals surface area (Å²) in [5.74, 6) is 0.137. The number of hydrogen-bond acceptors (Lipinski definition) is 2. The van der Waals surface area contributed by atoms with Crippen LogP contribution in [0.2, 0.25) is 0 Å². The minimum atomic E-state index is -0.0686. The Balaban J connectivity index is 3.44. The predicted molar refractivity (Wildman–Crippen MR) is 102 cm³/mol. The summed E-state index contributed by atoms with van der Waals surface area (Å²) in [6.07, 6.45) is 9.02. The zero-order valence-electron chi connectivity index (χ0n) is 14.3. The standard InChI is InChI=1S/C14H32N10/c15-11(16)23-13(19)21-9-7-5-3-1-2-4-6-8-10-22-14(20)24-12(17)18/h1-10H2,(H6,15,16,19,21,23)(H6,17,18,20,22,24). The van der Waals surface area contributed by atoms with E-state index in [1.807, 2.05) is 0 Å². The summed E-state index contributed by atoms with van der Waals surface area (Å²) < 4.78 is 0. The topological polar surface area (TPSA) is 206 Å². The lowest BCUT2D eigenvalue weighted by Gasteiger charge is -2.01. The van der Waals surface area contributed by atoms with Crippen LogP contribution in [0.1, 0.15) is 51.4 Å². The van der Waals surface area contributed by atoms with Gasteiger partial charge in [0.15, 0.2) is 11.9 Å². The first kappa shape index (κ1) is 21.5. The van der Waals surface area contributed by atoms with Crippen LogP contribution in [-0.4, -0.2) is 36.9 Å². The Bertz CT molecular complexity index is 402. The van der Waals surface area contributed by atoms with E-state index in [2.05, 4.69) is 20.0 Å². The number of nitrogens with zero attached hydrogens (tertiary/aromatic N) is 4. The molecule has 0 radical (unpaired) electrons. The van der Waals surface area contributed by atoms with Crippen molar-refractivity contribution in [1.29, 1.82) is 0 Å². The highest BCUT2D eigenvalue weighted by Crippen LogP contribution is 2.08. The van der Waals surface area contributed by atoms with Crippen molar-refractivity contribution >= 4 is 23.8 Å². The lowest BCUT2D eigenvalue weighted by molar-refractivity contribution is 0.572. The molecule has 0 unspecified atom stereocenters. The van der Waals surface area contributed by atoms with Gasteiger partial charge in [-0.3, -0.25) is 9.98 Å². The Kier molecular flexibility index (Phi) is 12.6. The monoisotopic (exact) mass is 340 g/mol. The SMILES string of the molecule is NC(N)=NC(N)=NCCCCCCCCCCN=C(N)N=C(N)N. The number of hydrogen-bond donors (Lipinski definition) is 6. The van der Waals surface area contributed by atoms with Gasteiger partial charge in [0.25, 0.3) is 0 Å². The summed E-state index contributed by atoms with van der Waals surface area (Å²) in [5.41, 5.74) is 31.8. The fraction of sp³-hybridized carbons (Fsp3) is 0.714. The molecule has 0 aromatic carbocycles. The van der Waals surface area contributed by atoms with Gasteiger partial charge in [-0.05, 0) is 12.8 Å². The highest BCUT2D eigenvalue weighted by Gasteiger charge is 1.94. The van der Waals surface area contributed by atoms with Gasteiger partial charge in [0, 0.05) is 13.1 Å². The number of nitrogens with two attached hydrogens (primary N) is 6. The van der Waals surface area contributed by atoms with Crippen molar-refractivity contribution in [3.8, 4) is 0 Å². The van der Waals surface area contributed by atoms with E-state index >= 15 is 0 Å². The van der Waals surface area contributed by atoms with Gasteiger partial charge < -0.3 is 34.4 Å². The normalized spacial score (nSPS) is 12.0. The number of rotatable bonds is 11. The molecule has 10 nitrogen and oxygen atoms in total. The molecule has 0 aliphatic carbocycles. The molecule has 0 aliphatic heterocycles. The van der Waals surface area contributed by atoms with E-state index in [9.17, 15) is 0 Å². The second-order valence-corrected chi connectivity index (χ2v) is 5.38. The third-order valence-corrected chi connectivity index (χ3v) is 3.10. The first-order chi connectivity index (χ1) is 11.4. The molecule has 0 saturated heterocycles. The Labute approximate surface area is 143 Å². The molecule has 0 aliphatic rings. The van der Waals surface area contributed by atoms with E-state index in [1.54, 1.807) is 0 Å². The minimum absolute atomic E-state index is 0.0686. The lowest BCUT2D eigenvalue weighted by atomic mass is 10.1. The van der Waals surface area contributed by atoms with Crippen molar-refractivity contribution < 1.29 is 0 Å². The molecule has 0 aromatic rings. The van der Waals surface area contributed by atoms with E-state index in [1.165, 1.54) is 25.7 Å². The van der Waals surface area contributed by atoms with Crippen LogP contribution in [0, 0.1) is 0 Å². The van der Waals surface area contributed by atoms with Gasteiger partial charge in [0.1, 0.15) is 0 Å². The van der Waals surface area contributed by atoms with E-state index in [0.717, 1.165) is 25.7 Å². The Morgan fingerprint density at radius 3 is 1.04 bits per heavy atom. The van der Waals surface area contributed by atoms with E-state index < -0.39 is 0 Å². The first-order valence-corrected chi connectivity index (χ1v) is 8.21.